The number of amides is 1. The predicted molar refractivity (Wildman–Crippen MR) is 82.3 cm³/mol. The number of halogens is 1. The molecule has 3 rings (SSSR count). The lowest BCUT2D eigenvalue weighted by molar-refractivity contribution is 0.102. The molecule has 4 heteroatoms. The first kappa shape index (κ1) is 13.6. The van der Waals surface area contributed by atoms with Crippen molar-refractivity contribution < 1.29 is 9.18 Å². The van der Waals surface area contributed by atoms with Gasteiger partial charge in [-0.2, -0.15) is 0 Å². The SMILES string of the molecule is Cc1ccc(NC(=O)c2cccc3c2NCCC3)cc1F. The van der Waals surface area contributed by atoms with Gasteiger partial charge < -0.3 is 10.6 Å². The molecule has 3 nitrogen and oxygen atoms in total. The Balaban J connectivity index is 1.87. The molecule has 2 N–H and O–H groups in total. The maximum Gasteiger partial charge on any atom is 0.257 e. The van der Waals surface area contributed by atoms with Crippen molar-refractivity contribution in [3.05, 3.63) is 58.9 Å². The van der Waals surface area contributed by atoms with Crippen molar-refractivity contribution in [1.29, 1.82) is 0 Å². The molecule has 2 aromatic rings. The summed E-state index contributed by atoms with van der Waals surface area (Å²) in [6.45, 7) is 2.56. The number of hydrogen-bond donors (Lipinski definition) is 2. The van der Waals surface area contributed by atoms with E-state index in [4.69, 9.17) is 0 Å². The quantitative estimate of drug-likeness (QED) is 0.882. The molecule has 0 saturated carbocycles. The Morgan fingerprint density at radius 3 is 2.95 bits per heavy atom. The molecule has 1 heterocycles. The Kier molecular flexibility index (Phi) is 3.60. The van der Waals surface area contributed by atoms with Crippen molar-refractivity contribution in [3.63, 3.8) is 0 Å². The van der Waals surface area contributed by atoms with E-state index in [1.165, 1.54) is 6.07 Å². The highest BCUT2D eigenvalue weighted by molar-refractivity contribution is 6.08. The number of hydrogen-bond acceptors (Lipinski definition) is 2. The van der Waals surface area contributed by atoms with Gasteiger partial charge in [0.2, 0.25) is 0 Å². The molecule has 21 heavy (non-hydrogen) atoms. The van der Waals surface area contributed by atoms with Gasteiger partial charge >= 0.3 is 0 Å². The molecule has 108 valence electrons. The summed E-state index contributed by atoms with van der Waals surface area (Å²) < 4.78 is 13.5. The molecule has 1 aliphatic rings. The first-order valence-electron chi connectivity index (χ1n) is 7.08. The van der Waals surface area contributed by atoms with Crippen molar-refractivity contribution in [2.45, 2.75) is 19.8 Å². The van der Waals surface area contributed by atoms with Crippen LogP contribution in [0.5, 0.6) is 0 Å². The Morgan fingerprint density at radius 2 is 2.14 bits per heavy atom. The largest absolute Gasteiger partial charge is 0.384 e. The second kappa shape index (κ2) is 5.56. The fraction of sp³-hybridized carbons (Fsp3) is 0.235. The lowest BCUT2D eigenvalue weighted by Gasteiger charge is -2.20. The molecule has 0 aromatic heterocycles. The molecule has 0 fully saturated rings. The van der Waals surface area contributed by atoms with Gasteiger partial charge in [-0.1, -0.05) is 18.2 Å². The van der Waals surface area contributed by atoms with Crippen LogP contribution in [0.4, 0.5) is 15.8 Å². The predicted octanol–water partition coefficient (Wildman–Crippen LogP) is 3.74. The Bertz CT molecular complexity index is 697. The standard InChI is InChI=1S/C17H17FN2O/c1-11-7-8-13(10-15(11)18)20-17(21)14-6-2-4-12-5-3-9-19-16(12)14/h2,4,6-8,10,19H,3,5,9H2,1H3,(H,20,21). The lowest BCUT2D eigenvalue weighted by Crippen LogP contribution is -2.19. The molecule has 1 amide bonds. The molecule has 0 unspecified atom stereocenters. The number of carbonyl (C=O) groups excluding carboxylic acids is 1. The third-order valence-electron chi connectivity index (χ3n) is 3.75. The van der Waals surface area contributed by atoms with Gasteiger partial charge in [-0.3, -0.25) is 4.79 Å². The second-order valence-electron chi connectivity index (χ2n) is 5.29. The van der Waals surface area contributed by atoms with Gasteiger partial charge in [0.05, 0.1) is 11.3 Å². The van der Waals surface area contributed by atoms with Gasteiger partial charge in [-0.25, -0.2) is 4.39 Å². The van der Waals surface area contributed by atoms with Crippen LogP contribution in [0.3, 0.4) is 0 Å². The Hall–Kier alpha value is -2.36. The smallest absolute Gasteiger partial charge is 0.257 e. The van der Waals surface area contributed by atoms with Crippen LogP contribution in [0, 0.1) is 12.7 Å². The molecule has 0 atom stereocenters. The fourth-order valence-corrected chi connectivity index (χ4v) is 2.57. The second-order valence-corrected chi connectivity index (χ2v) is 5.29. The van der Waals surface area contributed by atoms with Crippen LogP contribution in [0.1, 0.15) is 27.9 Å². The minimum Gasteiger partial charge on any atom is -0.384 e. The summed E-state index contributed by atoms with van der Waals surface area (Å²) in [5.74, 6) is -0.537. The van der Waals surface area contributed by atoms with Crippen LogP contribution >= 0.6 is 0 Å². The summed E-state index contributed by atoms with van der Waals surface area (Å²) >= 11 is 0. The van der Waals surface area contributed by atoms with Crippen molar-refractivity contribution in [3.8, 4) is 0 Å². The van der Waals surface area contributed by atoms with E-state index in [2.05, 4.69) is 10.6 Å². The van der Waals surface area contributed by atoms with E-state index in [-0.39, 0.29) is 11.7 Å². The molecule has 0 bridgehead atoms. The average molecular weight is 284 g/mol. The molecular formula is C17H17FN2O. The minimum atomic E-state index is -0.319. The van der Waals surface area contributed by atoms with Gasteiger partial charge in [-0.05, 0) is 49.1 Å². The summed E-state index contributed by atoms with van der Waals surface area (Å²) in [4.78, 5) is 12.4. The van der Waals surface area contributed by atoms with Crippen LogP contribution in [-0.4, -0.2) is 12.5 Å². The average Bonchev–Trinajstić information content (AvgIpc) is 2.50. The summed E-state index contributed by atoms with van der Waals surface area (Å²) in [7, 11) is 0. The molecule has 2 aromatic carbocycles. The highest BCUT2D eigenvalue weighted by atomic mass is 19.1. The topological polar surface area (TPSA) is 41.1 Å². The maximum absolute atomic E-state index is 13.5. The zero-order chi connectivity index (χ0) is 14.8. The number of para-hydroxylation sites is 1. The first-order valence-corrected chi connectivity index (χ1v) is 7.08. The van der Waals surface area contributed by atoms with Crippen molar-refractivity contribution >= 4 is 17.3 Å². The van der Waals surface area contributed by atoms with Crippen molar-refractivity contribution in [1.82, 2.24) is 0 Å². The molecule has 1 aliphatic heterocycles. The van der Waals surface area contributed by atoms with Gasteiger partial charge in [0.15, 0.2) is 0 Å². The third kappa shape index (κ3) is 2.75. The number of nitrogens with one attached hydrogen (secondary N) is 2. The van der Waals surface area contributed by atoms with Gasteiger partial charge in [0, 0.05) is 12.2 Å². The number of aryl methyl sites for hydroxylation is 2. The number of anilines is 2. The highest BCUT2D eigenvalue weighted by Crippen LogP contribution is 2.27. The van der Waals surface area contributed by atoms with E-state index < -0.39 is 0 Å². The van der Waals surface area contributed by atoms with E-state index in [1.807, 2.05) is 12.1 Å². The van der Waals surface area contributed by atoms with E-state index >= 15 is 0 Å². The number of benzene rings is 2. The fourth-order valence-electron chi connectivity index (χ4n) is 2.57. The molecule has 0 saturated heterocycles. The van der Waals surface area contributed by atoms with E-state index in [1.54, 1.807) is 25.1 Å². The van der Waals surface area contributed by atoms with Crippen LogP contribution in [0.2, 0.25) is 0 Å². The summed E-state index contributed by atoms with van der Waals surface area (Å²) in [6.07, 6.45) is 2.05. The van der Waals surface area contributed by atoms with Gasteiger partial charge in [0.25, 0.3) is 5.91 Å². The lowest BCUT2D eigenvalue weighted by atomic mass is 9.99. The zero-order valence-corrected chi connectivity index (χ0v) is 11.9. The van der Waals surface area contributed by atoms with E-state index in [0.29, 0.717) is 16.8 Å². The highest BCUT2D eigenvalue weighted by Gasteiger charge is 2.17. The van der Waals surface area contributed by atoms with Crippen LogP contribution in [0.15, 0.2) is 36.4 Å². The maximum atomic E-state index is 13.5. The normalized spacial score (nSPS) is 13.2. The minimum absolute atomic E-state index is 0.218. The van der Waals surface area contributed by atoms with Gasteiger partial charge in [-0.15, -0.1) is 0 Å². The zero-order valence-electron chi connectivity index (χ0n) is 11.9. The first-order chi connectivity index (χ1) is 10.1. The summed E-state index contributed by atoms with van der Waals surface area (Å²) in [5, 5.41) is 6.04. The molecule has 0 spiro atoms. The number of fused-ring (bicyclic) bond motifs is 1. The number of rotatable bonds is 2. The van der Waals surface area contributed by atoms with Crippen LogP contribution < -0.4 is 10.6 Å². The third-order valence-corrected chi connectivity index (χ3v) is 3.75. The Labute approximate surface area is 123 Å². The summed E-state index contributed by atoms with van der Waals surface area (Å²) in [6, 6.07) is 10.4. The molecule has 0 aliphatic carbocycles. The monoisotopic (exact) mass is 284 g/mol. The van der Waals surface area contributed by atoms with E-state index in [9.17, 15) is 9.18 Å². The van der Waals surface area contributed by atoms with E-state index in [0.717, 1.165) is 30.6 Å². The van der Waals surface area contributed by atoms with Crippen LogP contribution in [-0.2, 0) is 6.42 Å². The van der Waals surface area contributed by atoms with Gasteiger partial charge in [0.1, 0.15) is 5.82 Å². The van der Waals surface area contributed by atoms with Crippen molar-refractivity contribution in [2.75, 3.05) is 17.2 Å². The summed E-state index contributed by atoms with van der Waals surface area (Å²) in [5.41, 5.74) is 3.69. The van der Waals surface area contributed by atoms with Crippen LogP contribution in [0.25, 0.3) is 0 Å². The Morgan fingerprint density at radius 1 is 1.29 bits per heavy atom. The molecular weight excluding hydrogens is 267 g/mol. The van der Waals surface area contributed by atoms with Crippen molar-refractivity contribution in [2.24, 2.45) is 0 Å². The molecule has 0 radical (unpaired) electrons. The number of carbonyl (C=O) groups is 1.